The molecule has 36 heavy (non-hydrogen) atoms. The van der Waals surface area contributed by atoms with Gasteiger partial charge in [-0.15, -0.1) is 0 Å². The molecule has 0 N–H and O–H groups in total. The van der Waals surface area contributed by atoms with Crippen molar-refractivity contribution in [3.05, 3.63) is 71.7 Å². The van der Waals surface area contributed by atoms with Crippen molar-refractivity contribution < 1.29 is 33.3 Å². The third kappa shape index (κ3) is 6.27. The van der Waals surface area contributed by atoms with Crippen LogP contribution in [0.4, 0.5) is 0 Å². The Kier molecular flexibility index (Phi) is 8.31. The Balaban J connectivity index is 1.32. The number of hydrogen-bond donors (Lipinski definition) is 0. The molecule has 0 radical (unpaired) electrons. The molecule has 0 amide bonds. The number of carbonyl (C=O) groups excluding carboxylic acids is 2. The minimum absolute atomic E-state index is 0.0713. The number of Topliss-reactive ketones (excluding diaryl/α,β-unsaturated/α-hetero) is 1. The van der Waals surface area contributed by atoms with Crippen LogP contribution < -0.4 is 14.2 Å². The van der Waals surface area contributed by atoms with Gasteiger partial charge in [-0.05, 0) is 75.1 Å². The van der Waals surface area contributed by atoms with Crippen molar-refractivity contribution >= 4 is 17.8 Å². The Morgan fingerprint density at radius 2 is 1.86 bits per heavy atom. The van der Waals surface area contributed by atoms with Gasteiger partial charge in [0.2, 0.25) is 11.5 Å². The summed E-state index contributed by atoms with van der Waals surface area (Å²) in [4.78, 5) is 25.4. The summed E-state index contributed by atoms with van der Waals surface area (Å²) in [7, 11) is 0. The lowest BCUT2D eigenvalue weighted by atomic mass is 9.80. The SMILES string of the molecule is CCOc1ccc(/C=C/C(=O)OC2CCC3C(=O)C(Oc4cccc(C)c4)=COC3C2)cc1OCC. The maximum Gasteiger partial charge on any atom is 0.331 e. The van der Waals surface area contributed by atoms with Gasteiger partial charge >= 0.3 is 5.97 Å². The van der Waals surface area contributed by atoms with Crippen molar-refractivity contribution in [1.29, 1.82) is 0 Å². The van der Waals surface area contributed by atoms with Crippen LogP contribution in [0.3, 0.4) is 0 Å². The van der Waals surface area contributed by atoms with E-state index in [0.717, 1.165) is 11.1 Å². The first-order chi connectivity index (χ1) is 17.5. The van der Waals surface area contributed by atoms with E-state index in [1.54, 1.807) is 6.08 Å². The lowest BCUT2D eigenvalue weighted by molar-refractivity contribution is -0.149. The monoisotopic (exact) mass is 492 g/mol. The summed E-state index contributed by atoms with van der Waals surface area (Å²) < 4.78 is 28.5. The molecule has 1 aliphatic carbocycles. The third-order valence-corrected chi connectivity index (χ3v) is 6.15. The molecule has 4 rings (SSSR count). The first-order valence-electron chi connectivity index (χ1n) is 12.4. The fourth-order valence-corrected chi connectivity index (χ4v) is 4.46. The second-order valence-corrected chi connectivity index (χ2v) is 8.82. The highest BCUT2D eigenvalue weighted by atomic mass is 16.6. The summed E-state index contributed by atoms with van der Waals surface area (Å²) in [6.45, 7) is 6.83. The average molecular weight is 493 g/mol. The molecule has 1 fully saturated rings. The van der Waals surface area contributed by atoms with Crippen molar-refractivity contribution in [2.24, 2.45) is 5.92 Å². The van der Waals surface area contributed by atoms with Gasteiger partial charge in [0, 0.05) is 12.5 Å². The molecule has 3 atom stereocenters. The number of rotatable bonds is 9. The highest BCUT2D eigenvalue weighted by molar-refractivity contribution is 5.96. The predicted octanol–water partition coefficient (Wildman–Crippen LogP) is 5.41. The molecule has 1 saturated carbocycles. The largest absolute Gasteiger partial charge is 0.493 e. The number of ketones is 1. The predicted molar refractivity (Wildman–Crippen MR) is 135 cm³/mol. The molecule has 0 aromatic heterocycles. The number of carbonyl (C=O) groups is 2. The zero-order valence-electron chi connectivity index (χ0n) is 20.9. The van der Waals surface area contributed by atoms with E-state index in [4.69, 9.17) is 23.7 Å². The summed E-state index contributed by atoms with van der Waals surface area (Å²) in [5.41, 5.74) is 1.85. The second-order valence-electron chi connectivity index (χ2n) is 8.82. The Morgan fingerprint density at radius 3 is 2.64 bits per heavy atom. The minimum atomic E-state index is -0.438. The van der Waals surface area contributed by atoms with Crippen LogP contribution in [0.1, 0.15) is 44.2 Å². The Bertz CT molecular complexity index is 1150. The average Bonchev–Trinajstić information content (AvgIpc) is 2.86. The molecular formula is C29H32O7. The van der Waals surface area contributed by atoms with E-state index in [1.165, 1.54) is 12.3 Å². The molecule has 0 spiro atoms. The number of esters is 1. The summed E-state index contributed by atoms with van der Waals surface area (Å²) in [6.07, 6.45) is 5.43. The van der Waals surface area contributed by atoms with Crippen molar-refractivity contribution in [1.82, 2.24) is 0 Å². The van der Waals surface area contributed by atoms with Crippen molar-refractivity contribution in [2.45, 2.75) is 52.2 Å². The Labute approximate surface area is 211 Å². The van der Waals surface area contributed by atoms with E-state index in [9.17, 15) is 9.59 Å². The standard InChI is InChI=1S/C29H32O7/c1-4-32-24-13-9-20(16-26(24)33-5-2)10-14-28(30)36-22-11-12-23-25(17-22)34-18-27(29(23)31)35-21-8-6-7-19(3)15-21/h6-10,13-16,18,22-23,25H,4-5,11-12,17H2,1-3H3/b14-10+. The van der Waals surface area contributed by atoms with Gasteiger partial charge in [0.05, 0.1) is 19.1 Å². The molecule has 0 bridgehead atoms. The lowest BCUT2D eigenvalue weighted by Gasteiger charge is -2.36. The van der Waals surface area contributed by atoms with Crippen molar-refractivity contribution in [3.63, 3.8) is 0 Å². The van der Waals surface area contributed by atoms with Crippen LogP contribution in [0.5, 0.6) is 17.2 Å². The zero-order chi connectivity index (χ0) is 25.5. The van der Waals surface area contributed by atoms with E-state index >= 15 is 0 Å². The molecular weight excluding hydrogens is 460 g/mol. The number of fused-ring (bicyclic) bond motifs is 1. The number of benzene rings is 2. The van der Waals surface area contributed by atoms with Gasteiger partial charge in [0.25, 0.3) is 0 Å². The van der Waals surface area contributed by atoms with Gasteiger partial charge in [-0.3, -0.25) is 4.79 Å². The smallest absolute Gasteiger partial charge is 0.331 e. The maximum absolute atomic E-state index is 13.0. The summed E-state index contributed by atoms with van der Waals surface area (Å²) in [5, 5.41) is 0. The number of aryl methyl sites for hydroxylation is 1. The summed E-state index contributed by atoms with van der Waals surface area (Å²) in [5.74, 6) is 1.30. The Morgan fingerprint density at radius 1 is 1.06 bits per heavy atom. The normalized spacial score (nSPS) is 21.2. The highest BCUT2D eigenvalue weighted by Gasteiger charge is 2.42. The van der Waals surface area contributed by atoms with Gasteiger partial charge < -0.3 is 23.7 Å². The second kappa shape index (κ2) is 11.8. The van der Waals surface area contributed by atoms with Gasteiger partial charge in [-0.2, -0.15) is 0 Å². The van der Waals surface area contributed by atoms with Gasteiger partial charge in [-0.25, -0.2) is 4.79 Å². The molecule has 0 saturated heterocycles. The summed E-state index contributed by atoms with van der Waals surface area (Å²) in [6, 6.07) is 13.0. The highest BCUT2D eigenvalue weighted by Crippen LogP contribution is 2.35. The van der Waals surface area contributed by atoms with Crippen LogP contribution in [0.15, 0.2) is 60.6 Å². The summed E-state index contributed by atoms with van der Waals surface area (Å²) >= 11 is 0. The molecule has 3 unspecified atom stereocenters. The van der Waals surface area contributed by atoms with E-state index in [0.29, 0.717) is 49.7 Å². The fraction of sp³-hybridized carbons (Fsp3) is 0.379. The fourth-order valence-electron chi connectivity index (χ4n) is 4.46. The molecule has 1 heterocycles. The zero-order valence-corrected chi connectivity index (χ0v) is 20.9. The third-order valence-electron chi connectivity index (χ3n) is 6.15. The topological polar surface area (TPSA) is 80.3 Å². The number of allylic oxidation sites excluding steroid dienone is 1. The van der Waals surface area contributed by atoms with Crippen LogP contribution in [0.2, 0.25) is 0 Å². The molecule has 2 aromatic rings. The molecule has 2 aromatic carbocycles. The van der Waals surface area contributed by atoms with Gasteiger partial charge in [0.1, 0.15) is 24.2 Å². The van der Waals surface area contributed by atoms with E-state index in [-0.39, 0.29) is 29.7 Å². The molecule has 1 aliphatic heterocycles. The van der Waals surface area contributed by atoms with Gasteiger partial charge in [0.15, 0.2) is 11.5 Å². The first-order valence-corrected chi connectivity index (χ1v) is 12.4. The first kappa shape index (κ1) is 25.4. The van der Waals surface area contributed by atoms with Crippen molar-refractivity contribution in [2.75, 3.05) is 13.2 Å². The maximum atomic E-state index is 13.0. The van der Waals surface area contributed by atoms with Gasteiger partial charge in [-0.1, -0.05) is 18.2 Å². The number of hydrogen-bond acceptors (Lipinski definition) is 7. The van der Waals surface area contributed by atoms with Crippen LogP contribution in [-0.2, 0) is 19.1 Å². The number of ether oxygens (including phenoxy) is 5. The molecule has 7 nitrogen and oxygen atoms in total. The van der Waals surface area contributed by atoms with E-state index in [1.807, 2.05) is 63.2 Å². The molecule has 2 aliphatic rings. The van der Waals surface area contributed by atoms with Crippen LogP contribution >= 0.6 is 0 Å². The van der Waals surface area contributed by atoms with Crippen LogP contribution in [0.25, 0.3) is 6.08 Å². The minimum Gasteiger partial charge on any atom is -0.493 e. The van der Waals surface area contributed by atoms with Crippen LogP contribution in [-0.4, -0.2) is 37.2 Å². The van der Waals surface area contributed by atoms with E-state index < -0.39 is 5.97 Å². The van der Waals surface area contributed by atoms with Crippen LogP contribution in [0, 0.1) is 12.8 Å². The molecule has 190 valence electrons. The molecule has 7 heteroatoms. The van der Waals surface area contributed by atoms with E-state index in [2.05, 4.69) is 0 Å². The lowest BCUT2D eigenvalue weighted by Crippen LogP contribution is -2.42. The van der Waals surface area contributed by atoms with Crippen molar-refractivity contribution in [3.8, 4) is 17.2 Å². The Hall–Kier alpha value is -3.74. The quantitative estimate of drug-likeness (QED) is 0.342.